The Hall–Kier alpha value is -1.33. The van der Waals surface area contributed by atoms with Gasteiger partial charge >= 0.3 is 5.97 Å². The van der Waals surface area contributed by atoms with E-state index < -0.39 is 5.97 Å². The van der Waals surface area contributed by atoms with Crippen LogP contribution in [0.5, 0.6) is 0 Å². The molecule has 98 valence electrons. The van der Waals surface area contributed by atoms with Crippen molar-refractivity contribution in [3.63, 3.8) is 0 Å². The van der Waals surface area contributed by atoms with Crippen molar-refractivity contribution in [3.05, 3.63) is 22.8 Å². The van der Waals surface area contributed by atoms with E-state index in [1.807, 2.05) is 18.7 Å². The Kier molecular flexibility index (Phi) is 3.73. The molecule has 1 aromatic heterocycles. The molecule has 0 amide bonds. The molecule has 0 aromatic carbocycles. The predicted molar refractivity (Wildman–Crippen MR) is 68.4 cm³/mol. The molecule has 2 unspecified atom stereocenters. The highest BCUT2D eigenvalue weighted by molar-refractivity contribution is 6.29. The first-order chi connectivity index (χ1) is 8.45. The Morgan fingerprint density at radius 2 is 2.06 bits per heavy atom. The van der Waals surface area contributed by atoms with Crippen LogP contribution in [-0.2, 0) is 4.74 Å². The number of rotatable bonds is 2. The first-order valence-corrected chi connectivity index (χ1v) is 6.15. The predicted octanol–water partition coefficient (Wildman–Crippen LogP) is 2.05. The molecule has 1 N–H and O–H groups in total. The molecule has 5 nitrogen and oxygen atoms in total. The van der Waals surface area contributed by atoms with E-state index in [1.165, 1.54) is 6.07 Å². The van der Waals surface area contributed by atoms with Crippen molar-refractivity contribution in [2.75, 3.05) is 18.0 Å². The summed E-state index contributed by atoms with van der Waals surface area (Å²) in [5, 5.41) is 9.20. The Morgan fingerprint density at radius 1 is 1.44 bits per heavy atom. The van der Waals surface area contributed by atoms with Gasteiger partial charge in [0.05, 0.1) is 17.8 Å². The molecule has 0 saturated carbocycles. The third-order valence-corrected chi connectivity index (χ3v) is 2.96. The van der Waals surface area contributed by atoms with Crippen molar-refractivity contribution >= 4 is 23.4 Å². The molecule has 6 heteroatoms. The Balaban J connectivity index is 2.29. The summed E-state index contributed by atoms with van der Waals surface area (Å²) in [4.78, 5) is 17.2. The zero-order chi connectivity index (χ0) is 13.3. The lowest BCUT2D eigenvalue weighted by molar-refractivity contribution is -0.00545. The summed E-state index contributed by atoms with van der Waals surface area (Å²) in [6.07, 6.45) is 0.172. The molecular weight excluding hydrogens is 256 g/mol. The maximum absolute atomic E-state index is 11.0. The van der Waals surface area contributed by atoms with Gasteiger partial charge in [-0.05, 0) is 26.0 Å². The molecule has 2 heterocycles. The van der Waals surface area contributed by atoms with E-state index in [9.17, 15) is 4.79 Å². The number of hydrogen-bond acceptors (Lipinski definition) is 4. The number of nitrogens with zero attached hydrogens (tertiary/aromatic N) is 2. The van der Waals surface area contributed by atoms with E-state index in [2.05, 4.69) is 4.98 Å². The summed E-state index contributed by atoms with van der Waals surface area (Å²) in [7, 11) is 0. The quantitative estimate of drug-likeness (QED) is 0.834. The fraction of sp³-hybridized carbons (Fsp3) is 0.500. The monoisotopic (exact) mass is 270 g/mol. The molecule has 1 aliphatic rings. The van der Waals surface area contributed by atoms with E-state index in [0.29, 0.717) is 18.9 Å². The van der Waals surface area contributed by atoms with E-state index >= 15 is 0 Å². The third kappa shape index (κ3) is 2.91. The van der Waals surface area contributed by atoms with Gasteiger partial charge in [0.15, 0.2) is 0 Å². The standard InChI is InChI=1S/C12H15ClN2O3/c1-7-5-15(6-8(2)18-7)11-4-9(12(16)17)3-10(13)14-11/h3-4,7-8H,5-6H2,1-2H3,(H,16,17). The smallest absolute Gasteiger partial charge is 0.335 e. The fourth-order valence-electron chi connectivity index (χ4n) is 2.13. The SMILES string of the molecule is CC1CN(c2cc(C(=O)O)cc(Cl)n2)CC(C)O1. The number of carboxylic acid groups (broad SMARTS) is 1. The maximum Gasteiger partial charge on any atom is 0.335 e. The summed E-state index contributed by atoms with van der Waals surface area (Å²) in [6.45, 7) is 5.31. The molecule has 1 aliphatic heterocycles. The van der Waals surface area contributed by atoms with Gasteiger partial charge in [-0.15, -0.1) is 0 Å². The van der Waals surface area contributed by atoms with Gasteiger partial charge in [0.2, 0.25) is 0 Å². The second-order valence-corrected chi connectivity index (χ2v) is 4.89. The molecule has 18 heavy (non-hydrogen) atoms. The van der Waals surface area contributed by atoms with Gasteiger partial charge in [0, 0.05) is 13.1 Å². The van der Waals surface area contributed by atoms with Gasteiger partial charge in [0.1, 0.15) is 11.0 Å². The van der Waals surface area contributed by atoms with Crippen LogP contribution in [0.3, 0.4) is 0 Å². The van der Waals surface area contributed by atoms with Crippen LogP contribution in [0.25, 0.3) is 0 Å². The molecule has 1 aromatic rings. The lowest BCUT2D eigenvalue weighted by Crippen LogP contribution is -2.45. The van der Waals surface area contributed by atoms with Gasteiger partial charge in [-0.1, -0.05) is 11.6 Å². The van der Waals surface area contributed by atoms with Crippen molar-refractivity contribution in [1.82, 2.24) is 4.98 Å². The molecule has 2 atom stereocenters. The van der Waals surface area contributed by atoms with Crippen molar-refractivity contribution < 1.29 is 14.6 Å². The van der Waals surface area contributed by atoms with Gasteiger partial charge in [-0.2, -0.15) is 0 Å². The van der Waals surface area contributed by atoms with Crippen LogP contribution in [-0.4, -0.2) is 41.4 Å². The minimum Gasteiger partial charge on any atom is -0.478 e. The zero-order valence-corrected chi connectivity index (χ0v) is 11.0. The molecule has 1 saturated heterocycles. The number of aromatic carboxylic acids is 1. The minimum absolute atomic E-state index is 0.0859. The van der Waals surface area contributed by atoms with E-state index in [-0.39, 0.29) is 22.9 Å². The second kappa shape index (κ2) is 5.12. The third-order valence-electron chi connectivity index (χ3n) is 2.77. The van der Waals surface area contributed by atoms with E-state index in [0.717, 1.165) is 0 Å². The first kappa shape index (κ1) is 13.1. The molecule has 2 rings (SSSR count). The summed E-state index contributed by atoms with van der Waals surface area (Å²) in [6, 6.07) is 2.89. The highest BCUT2D eigenvalue weighted by atomic mass is 35.5. The Morgan fingerprint density at radius 3 is 2.61 bits per heavy atom. The number of carbonyl (C=O) groups is 1. The average Bonchev–Trinajstić information content (AvgIpc) is 2.26. The van der Waals surface area contributed by atoms with Gasteiger partial charge in [-0.3, -0.25) is 0 Å². The fourth-order valence-corrected chi connectivity index (χ4v) is 2.34. The summed E-state index contributed by atoms with van der Waals surface area (Å²) >= 11 is 5.85. The highest BCUT2D eigenvalue weighted by Crippen LogP contribution is 2.22. The van der Waals surface area contributed by atoms with Crippen molar-refractivity contribution in [1.29, 1.82) is 0 Å². The summed E-state index contributed by atoms with van der Waals surface area (Å²) < 4.78 is 5.63. The van der Waals surface area contributed by atoms with Crippen molar-refractivity contribution in [3.8, 4) is 0 Å². The highest BCUT2D eigenvalue weighted by Gasteiger charge is 2.24. The topological polar surface area (TPSA) is 62.7 Å². The van der Waals surface area contributed by atoms with Crippen LogP contribution >= 0.6 is 11.6 Å². The number of carboxylic acids is 1. The lowest BCUT2D eigenvalue weighted by atomic mass is 10.2. The Bertz CT molecular complexity index is 457. The number of morpholine rings is 1. The minimum atomic E-state index is -1.00. The van der Waals surface area contributed by atoms with Crippen LogP contribution in [0.2, 0.25) is 5.15 Å². The number of hydrogen-bond donors (Lipinski definition) is 1. The van der Waals surface area contributed by atoms with Crippen LogP contribution < -0.4 is 4.90 Å². The number of halogens is 1. The average molecular weight is 271 g/mol. The van der Waals surface area contributed by atoms with Crippen molar-refractivity contribution in [2.24, 2.45) is 0 Å². The van der Waals surface area contributed by atoms with Gasteiger partial charge in [0.25, 0.3) is 0 Å². The molecule has 0 radical (unpaired) electrons. The normalized spacial score (nSPS) is 24.1. The lowest BCUT2D eigenvalue weighted by Gasteiger charge is -2.36. The summed E-state index contributed by atoms with van der Waals surface area (Å²) in [5.74, 6) is -0.420. The zero-order valence-electron chi connectivity index (χ0n) is 10.3. The number of aromatic nitrogens is 1. The maximum atomic E-state index is 11.0. The van der Waals surface area contributed by atoms with Crippen LogP contribution in [0.4, 0.5) is 5.82 Å². The molecular formula is C12H15ClN2O3. The van der Waals surface area contributed by atoms with Gasteiger partial charge < -0.3 is 14.7 Å². The number of anilines is 1. The van der Waals surface area contributed by atoms with Gasteiger partial charge in [-0.25, -0.2) is 9.78 Å². The second-order valence-electron chi connectivity index (χ2n) is 4.50. The molecule has 0 bridgehead atoms. The molecule has 0 spiro atoms. The number of pyridine rings is 1. The molecule has 0 aliphatic carbocycles. The van der Waals surface area contributed by atoms with E-state index in [1.54, 1.807) is 6.07 Å². The van der Waals surface area contributed by atoms with Crippen LogP contribution in [0, 0.1) is 0 Å². The number of ether oxygens (including phenoxy) is 1. The Labute approximate surface area is 110 Å². The van der Waals surface area contributed by atoms with Crippen molar-refractivity contribution in [2.45, 2.75) is 26.1 Å². The van der Waals surface area contributed by atoms with Crippen LogP contribution in [0.1, 0.15) is 24.2 Å². The van der Waals surface area contributed by atoms with E-state index in [4.69, 9.17) is 21.4 Å². The largest absolute Gasteiger partial charge is 0.478 e. The first-order valence-electron chi connectivity index (χ1n) is 5.77. The van der Waals surface area contributed by atoms with Crippen LogP contribution in [0.15, 0.2) is 12.1 Å². The summed E-state index contributed by atoms with van der Waals surface area (Å²) in [5.41, 5.74) is 0.150. The molecule has 1 fully saturated rings.